The molecule has 18 heavy (non-hydrogen) atoms. The molecule has 0 aliphatic heterocycles. The lowest BCUT2D eigenvalue weighted by Gasteiger charge is -2.28. The Hall–Kier alpha value is -0.620. The van der Waals surface area contributed by atoms with Crippen LogP contribution in [0.4, 0.5) is 0 Å². The van der Waals surface area contributed by atoms with Crippen LogP contribution in [0.5, 0.6) is 0 Å². The van der Waals surface area contributed by atoms with Crippen molar-refractivity contribution < 1.29 is 18.3 Å². The molecule has 0 spiro atoms. The third-order valence-corrected chi connectivity index (χ3v) is 5.06. The SMILES string of the molecule is CC(C)CS(=O)(=O)NCC1CCCCC1C(=O)O. The van der Waals surface area contributed by atoms with Crippen LogP contribution in [0.3, 0.4) is 0 Å². The highest BCUT2D eigenvalue weighted by Crippen LogP contribution is 2.29. The van der Waals surface area contributed by atoms with Gasteiger partial charge < -0.3 is 5.11 Å². The zero-order valence-electron chi connectivity index (χ0n) is 11.1. The third-order valence-electron chi connectivity index (χ3n) is 3.34. The molecule has 2 N–H and O–H groups in total. The monoisotopic (exact) mass is 277 g/mol. The average Bonchev–Trinajstić information content (AvgIpc) is 2.25. The summed E-state index contributed by atoms with van der Waals surface area (Å²) in [5, 5.41) is 9.11. The van der Waals surface area contributed by atoms with Gasteiger partial charge in [0.15, 0.2) is 0 Å². The lowest BCUT2D eigenvalue weighted by atomic mass is 9.79. The van der Waals surface area contributed by atoms with E-state index in [1.165, 1.54) is 0 Å². The van der Waals surface area contributed by atoms with E-state index in [2.05, 4.69) is 4.72 Å². The Kier molecular flexibility index (Phi) is 5.59. The largest absolute Gasteiger partial charge is 0.481 e. The number of nitrogens with one attached hydrogen (secondary N) is 1. The summed E-state index contributed by atoms with van der Waals surface area (Å²) in [7, 11) is -3.27. The standard InChI is InChI=1S/C12H23NO4S/c1-9(2)8-18(16,17)13-7-10-5-3-4-6-11(10)12(14)15/h9-11,13H,3-8H2,1-2H3,(H,14,15). The maximum absolute atomic E-state index is 11.7. The molecular formula is C12H23NO4S. The summed E-state index contributed by atoms with van der Waals surface area (Å²) in [4.78, 5) is 11.1. The van der Waals surface area contributed by atoms with Gasteiger partial charge in [-0.15, -0.1) is 0 Å². The van der Waals surface area contributed by atoms with Crippen LogP contribution in [-0.2, 0) is 14.8 Å². The summed E-state index contributed by atoms with van der Waals surface area (Å²) in [6.07, 6.45) is 3.36. The van der Waals surface area contributed by atoms with Crippen LogP contribution in [0.1, 0.15) is 39.5 Å². The smallest absolute Gasteiger partial charge is 0.306 e. The normalized spacial score (nSPS) is 25.3. The van der Waals surface area contributed by atoms with Crippen molar-refractivity contribution in [2.24, 2.45) is 17.8 Å². The fraction of sp³-hybridized carbons (Fsp3) is 0.917. The second-order valence-electron chi connectivity index (χ2n) is 5.51. The molecule has 5 nitrogen and oxygen atoms in total. The molecule has 1 aliphatic carbocycles. The summed E-state index contributed by atoms with van der Waals surface area (Å²) < 4.78 is 26.0. The van der Waals surface area contributed by atoms with Crippen molar-refractivity contribution in [1.82, 2.24) is 4.72 Å². The van der Waals surface area contributed by atoms with Gasteiger partial charge >= 0.3 is 5.97 Å². The van der Waals surface area contributed by atoms with Crippen molar-refractivity contribution >= 4 is 16.0 Å². The van der Waals surface area contributed by atoms with E-state index in [-0.39, 0.29) is 24.1 Å². The van der Waals surface area contributed by atoms with E-state index in [1.54, 1.807) is 0 Å². The number of carboxylic acids is 1. The summed E-state index contributed by atoms with van der Waals surface area (Å²) in [5.41, 5.74) is 0. The van der Waals surface area contributed by atoms with Crippen LogP contribution in [0.2, 0.25) is 0 Å². The molecule has 0 aromatic rings. The van der Waals surface area contributed by atoms with Gasteiger partial charge in [-0.1, -0.05) is 26.7 Å². The maximum atomic E-state index is 11.7. The van der Waals surface area contributed by atoms with Crippen molar-refractivity contribution in [3.8, 4) is 0 Å². The topological polar surface area (TPSA) is 83.5 Å². The maximum Gasteiger partial charge on any atom is 0.306 e. The number of hydrogen-bond acceptors (Lipinski definition) is 3. The molecular weight excluding hydrogens is 254 g/mol. The Morgan fingerprint density at radius 1 is 1.33 bits per heavy atom. The van der Waals surface area contributed by atoms with Gasteiger partial charge in [-0.3, -0.25) is 4.79 Å². The first kappa shape index (κ1) is 15.4. The number of rotatable bonds is 6. The van der Waals surface area contributed by atoms with Crippen LogP contribution in [-0.4, -0.2) is 31.8 Å². The summed E-state index contributed by atoms with van der Waals surface area (Å²) >= 11 is 0. The van der Waals surface area contributed by atoms with Gasteiger partial charge in [-0.05, 0) is 24.7 Å². The predicted molar refractivity (Wildman–Crippen MR) is 69.7 cm³/mol. The molecule has 0 saturated heterocycles. The second-order valence-corrected chi connectivity index (χ2v) is 7.36. The molecule has 106 valence electrons. The van der Waals surface area contributed by atoms with Crippen LogP contribution < -0.4 is 4.72 Å². The number of carboxylic acid groups (broad SMARTS) is 1. The van der Waals surface area contributed by atoms with E-state index in [0.717, 1.165) is 19.3 Å². The number of sulfonamides is 1. The van der Waals surface area contributed by atoms with Crippen molar-refractivity contribution in [3.05, 3.63) is 0 Å². The molecule has 2 atom stereocenters. The quantitative estimate of drug-likeness (QED) is 0.769. The zero-order valence-corrected chi connectivity index (χ0v) is 11.9. The van der Waals surface area contributed by atoms with E-state index in [4.69, 9.17) is 5.11 Å². The molecule has 0 bridgehead atoms. The Bertz CT molecular complexity index is 378. The molecule has 0 aromatic heterocycles. The van der Waals surface area contributed by atoms with Crippen molar-refractivity contribution in [3.63, 3.8) is 0 Å². The van der Waals surface area contributed by atoms with Crippen molar-refractivity contribution in [2.45, 2.75) is 39.5 Å². The third kappa shape index (κ3) is 4.94. The predicted octanol–water partition coefficient (Wildman–Crippen LogP) is 1.45. The van der Waals surface area contributed by atoms with Gasteiger partial charge in [-0.25, -0.2) is 13.1 Å². The molecule has 0 radical (unpaired) electrons. The minimum Gasteiger partial charge on any atom is -0.481 e. The average molecular weight is 277 g/mol. The molecule has 6 heteroatoms. The number of aliphatic carboxylic acids is 1. The van der Waals surface area contributed by atoms with Crippen LogP contribution in [0.25, 0.3) is 0 Å². The van der Waals surface area contributed by atoms with Gasteiger partial charge in [0.1, 0.15) is 0 Å². The van der Waals surface area contributed by atoms with Crippen LogP contribution in [0, 0.1) is 17.8 Å². The van der Waals surface area contributed by atoms with Gasteiger partial charge in [-0.2, -0.15) is 0 Å². The van der Waals surface area contributed by atoms with E-state index in [1.807, 2.05) is 13.8 Å². The van der Waals surface area contributed by atoms with E-state index in [0.29, 0.717) is 6.42 Å². The van der Waals surface area contributed by atoms with Crippen LogP contribution >= 0.6 is 0 Å². The second kappa shape index (κ2) is 6.52. The number of hydrogen-bond donors (Lipinski definition) is 2. The summed E-state index contributed by atoms with van der Waals surface area (Å²) in [6.45, 7) is 3.95. The molecule has 0 amide bonds. The first-order chi connectivity index (χ1) is 8.32. The Morgan fingerprint density at radius 3 is 2.50 bits per heavy atom. The fourth-order valence-corrected chi connectivity index (χ4v) is 3.97. The molecule has 1 saturated carbocycles. The summed E-state index contributed by atoms with van der Waals surface area (Å²) in [5.74, 6) is -1.11. The highest BCUT2D eigenvalue weighted by molar-refractivity contribution is 7.89. The minimum atomic E-state index is -3.27. The van der Waals surface area contributed by atoms with E-state index < -0.39 is 21.9 Å². The van der Waals surface area contributed by atoms with Crippen molar-refractivity contribution in [1.29, 1.82) is 0 Å². The molecule has 0 aromatic carbocycles. The van der Waals surface area contributed by atoms with Gasteiger partial charge in [0.05, 0.1) is 11.7 Å². The molecule has 1 aliphatic rings. The fourth-order valence-electron chi connectivity index (χ4n) is 2.51. The minimum absolute atomic E-state index is 0.0711. The molecule has 1 fully saturated rings. The van der Waals surface area contributed by atoms with Gasteiger partial charge in [0.2, 0.25) is 10.0 Å². The van der Waals surface area contributed by atoms with Gasteiger partial charge in [0.25, 0.3) is 0 Å². The Balaban J connectivity index is 2.53. The Morgan fingerprint density at radius 2 is 1.94 bits per heavy atom. The molecule has 1 rings (SSSR count). The lowest BCUT2D eigenvalue weighted by molar-refractivity contribution is -0.144. The van der Waals surface area contributed by atoms with E-state index >= 15 is 0 Å². The molecule has 2 unspecified atom stereocenters. The zero-order chi connectivity index (χ0) is 13.8. The van der Waals surface area contributed by atoms with Crippen molar-refractivity contribution in [2.75, 3.05) is 12.3 Å². The first-order valence-electron chi connectivity index (χ1n) is 6.52. The highest BCUT2D eigenvalue weighted by Gasteiger charge is 2.31. The van der Waals surface area contributed by atoms with E-state index in [9.17, 15) is 13.2 Å². The highest BCUT2D eigenvalue weighted by atomic mass is 32.2. The number of carbonyl (C=O) groups is 1. The molecule has 0 heterocycles. The first-order valence-corrected chi connectivity index (χ1v) is 8.17. The lowest BCUT2D eigenvalue weighted by Crippen LogP contribution is -2.38. The van der Waals surface area contributed by atoms with Crippen LogP contribution in [0.15, 0.2) is 0 Å². The summed E-state index contributed by atoms with van der Waals surface area (Å²) in [6, 6.07) is 0. The van der Waals surface area contributed by atoms with Gasteiger partial charge in [0, 0.05) is 6.54 Å². The Labute approximate surface area is 109 Å².